The van der Waals surface area contributed by atoms with Gasteiger partial charge in [0.2, 0.25) is 5.89 Å². The number of ether oxygens (including phenoxy) is 1. The lowest BCUT2D eigenvalue weighted by molar-refractivity contribution is 0.0467. The van der Waals surface area contributed by atoms with Crippen molar-refractivity contribution in [3.05, 3.63) is 41.6 Å². The van der Waals surface area contributed by atoms with Crippen LogP contribution in [0.4, 0.5) is 4.39 Å². The Morgan fingerprint density at radius 2 is 2.12 bits per heavy atom. The van der Waals surface area contributed by atoms with E-state index in [1.165, 1.54) is 12.3 Å². The standard InChI is InChI=1S/C17H21FN4O3/c1-10(2)15-21-17(25-22-15)14(11-4-7-24-8-5-11)20-16(23)12-3-6-19-9-13(12)18/h3,6,9-11,14H,4-5,7-8H2,1-2H3,(H,20,23). The number of pyridine rings is 1. The van der Waals surface area contributed by atoms with Gasteiger partial charge >= 0.3 is 0 Å². The molecule has 2 aromatic heterocycles. The summed E-state index contributed by atoms with van der Waals surface area (Å²) >= 11 is 0. The second kappa shape index (κ2) is 7.69. The molecule has 1 aliphatic heterocycles. The molecule has 1 atom stereocenters. The number of aromatic nitrogens is 3. The number of hydrogen-bond acceptors (Lipinski definition) is 6. The van der Waals surface area contributed by atoms with Gasteiger partial charge in [0.15, 0.2) is 11.6 Å². The smallest absolute Gasteiger partial charge is 0.255 e. The summed E-state index contributed by atoms with van der Waals surface area (Å²) in [5, 5.41) is 6.83. The number of halogens is 1. The van der Waals surface area contributed by atoms with Crippen LogP contribution in [0, 0.1) is 11.7 Å². The molecule has 0 bridgehead atoms. The van der Waals surface area contributed by atoms with Crippen LogP contribution < -0.4 is 5.32 Å². The molecule has 0 spiro atoms. The molecule has 25 heavy (non-hydrogen) atoms. The summed E-state index contributed by atoms with van der Waals surface area (Å²) in [6.07, 6.45) is 3.90. The Balaban J connectivity index is 1.85. The van der Waals surface area contributed by atoms with Crippen LogP contribution in [0.2, 0.25) is 0 Å². The number of rotatable bonds is 5. The van der Waals surface area contributed by atoms with Crippen LogP contribution in [0.5, 0.6) is 0 Å². The van der Waals surface area contributed by atoms with E-state index in [0.717, 1.165) is 19.0 Å². The van der Waals surface area contributed by atoms with Crippen LogP contribution in [0.15, 0.2) is 23.0 Å². The molecule has 1 fully saturated rings. The minimum absolute atomic E-state index is 0.0596. The van der Waals surface area contributed by atoms with Crippen LogP contribution in [0.1, 0.15) is 60.7 Å². The van der Waals surface area contributed by atoms with E-state index in [2.05, 4.69) is 20.4 Å². The predicted molar refractivity (Wildman–Crippen MR) is 86.3 cm³/mol. The van der Waals surface area contributed by atoms with Gasteiger partial charge in [0.1, 0.15) is 6.04 Å². The highest BCUT2D eigenvalue weighted by molar-refractivity contribution is 5.94. The lowest BCUT2D eigenvalue weighted by Gasteiger charge is -2.28. The van der Waals surface area contributed by atoms with Crippen LogP contribution in [0.25, 0.3) is 0 Å². The van der Waals surface area contributed by atoms with Crippen molar-refractivity contribution in [1.29, 1.82) is 0 Å². The van der Waals surface area contributed by atoms with Gasteiger partial charge in [-0.05, 0) is 24.8 Å². The summed E-state index contributed by atoms with van der Waals surface area (Å²) in [5.74, 6) is -0.0705. The quantitative estimate of drug-likeness (QED) is 0.893. The van der Waals surface area contributed by atoms with Gasteiger partial charge in [-0.1, -0.05) is 19.0 Å². The third-order valence-electron chi connectivity index (χ3n) is 4.28. The van der Waals surface area contributed by atoms with E-state index in [1.807, 2.05) is 13.8 Å². The monoisotopic (exact) mass is 348 g/mol. The third-order valence-corrected chi connectivity index (χ3v) is 4.28. The molecule has 7 nitrogen and oxygen atoms in total. The van der Waals surface area contributed by atoms with E-state index in [9.17, 15) is 9.18 Å². The Hall–Kier alpha value is -2.35. The van der Waals surface area contributed by atoms with Gasteiger partial charge in [0, 0.05) is 25.3 Å². The second-order valence-corrected chi connectivity index (χ2v) is 6.40. The fourth-order valence-corrected chi connectivity index (χ4v) is 2.82. The number of carbonyl (C=O) groups is 1. The van der Waals surface area contributed by atoms with E-state index in [0.29, 0.717) is 24.9 Å². The lowest BCUT2D eigenvalue weighted by Crippen LogP contribution is -2.36. The highest BCUT2D eigenvalue weighted by Crippen LogP contribution is 2.30. The van der Waals surface area contributed by atoms with Crippen molar-refractivity contribution in [2.24, 2.45) is 5.92 Å². The molecule has 1 aliphatic rings. The molecule has 1 amide bonds. The SMILES string of the molecule is CC(C)c1noc(C(NC(=O)c2ccncc2F)C2CCOCC2)n1. The average molecular weight is 348 g/mol. The largest absolute Gasteiger partial charge is 0.381 e. The summed E-state index contributed by atoms with van der Waals surface area (Å²) in [6.45, 7) is 5.13. The molecule has 3 rings (SSSR count). The van der Waals surface area contributed by atoms with Crippen LogP contribution in [-0.2, 0) is 4.74 Å². The Morgan fingerprint density at radius 1 is 1.36 bits per heavy atom. The maximum Gasteiger partial charge on any atom is 0.255 e. The Bertz CT molecular complexity index is 728. The first-order chi connectivity index (χ1) is 12.1. The number of nitrogens with zero attached hydrogens (tertiary/aromatic N) is 3. The fraction of sp³-hybridized carbons (Fsp3) is 0.529. The maximum atomic E-state index is 13.9. The molecular formula is C17H21FN4O3. The highest BCUT2D eigenvalue weighted by atomic mass is 19.1. The van der Waals surface area contributed by atoms with Crippen molar-refractivity contribution in [3.63, 3.8) is 0 Å². The zero-order valence-electron chi connectivity index (χ0n) is 14.2. The second-order valence-electron chi connectivity index (χ2n) is 6.40. The molecular weight excluding hydrogens is 327 g/mol. The topological polar surface area (TPSA) is 90.1 Å². The van der Waals surface area contributed by atoms with E-state index >= 15 is 0 Å². The summed E-state index contributed by atoms with van der Waals surface area (Å²) in [7, 11) is 0. The minimum Gasteiger partial charge on any atom is -0.381 e. The van der Waals surface area contributed by atoms with Gasteiger partial charge in [-0.15, -0.1) is 0 Å². The van der Waals surface area contributed by atoms with Crippen LogP contribution in [0.3, 0.4) is 0 Å². The fourth-order valence-electron chi connectivity index (χ4n) is 2.82. The first kappa shape index (κ1) is 17.5. The summed E-state index contributed by atoms with van der Waals surface area (Å²) in [4.78, 5) is 20.6. The molecule has 0 aromatic carbocycles. The highest BCUT2D eigenvalue weighted by Gasteiger charge is 2.32. The zero-order valence-corrected chi connectivity index (χ0v) is 14.2. The van der Waals surface area contributed by atoms with Gasteiger partial charge in [-0.2, -0.15) is 4.98 Å². The summed E-state index contributed by atoms with van der Waals surface area (Å²) in [6, 6.07) is 0.864. The van der Waals surface area contributed by atoms with E-state index in [-0.39, 0.29) is 17.4 Å². The van der Waals surface area contributed by atoms with E-state index in [4.69, 9.17) is 9.26 Å². The van der Waals surface area contributed by atoms with Crippen molar-refractivity contribution in [1.82, 2.24) is 20.4 Å². The van der Waals surface area contributed by atoms with E-state index in [1.54, 1.807) is 0 Å². The molecule has 0 saturated carbocycles. The number of nitrogens with one attached hydrogen (secondary N) is 1. The third kappa shape index (κ3) is 4.01. The summed E-state index contributed by atoms with van der Waals surface area (Å²) in [5.41, 5.74) is -0.0596. The minimum atomic E-state index is -0.667. The Labute approximate surface area is 145 Å². The van der Waals surface area contributed by atoms with Gasteiger partial charge < -0.3 is 14.6 Å². The van der Waals surface area contributed by atoms with Crippen molar-refractivity contribution < 1.29 is 18.4 Å². The van der Waals surface area contributed by atoms with E-state index < -0.39 is 17.8 Å². The predicted octanol–water partition coefficient (Wildman–Crippen LogP) is 2.62. The first-order valence-electron chi connectivity index (χ1n) is 8.38. The number of amides is 1. The lowest BCUT2D eigenvalue weighted by atomic mass is 9.91. The summed E-state index contributed by atoms with van der Waals surface area (Å²) < 4.78 is 24.6. The molecule has 1 N–H and O–H groups in total. The number of carbonyl (C=O) groups excluding carboxylic acids is 1. The van der Waals surface area contributed by atoms with Gasteiger partial charge in [0.25, 0.3) is 5.91 Å². The average Bonchev–Trinajstić information content (AvgIpc) is 3.11. The molecule has 0 radical (unpaired) electrons. The van der Waals surface area contributed by atoms with Crippen molar-refractivity contribution in [2.45, 2.75) is 38.6 Å². The van der Waals surface area contributed by atoms with Crippen LogP contribution >= 0.6 is 0 Å². The molecule has 8 heteroatoms. The molecule has 3 heterocycles. The molecule has 2 aromatic rings. The molecule has 134 valence electrons. The zero-order chi connectivity index (χ0) is 17.8. The molecule has 1 unspecified atom stereocenters. The maximum absolute atomic E-state index is 13.9. The first-order valence-corrected chi connectivity index (χ1v) is 8.38. The van der Waals surface area contributed by atoms with Crippen LogP contribution in [-0.4, -0.2) is 34.2 Å². The molecule has 1 saturated heterocycles. The molecule has 0 aliphatic carbocycles. The normalized spacial score (nSPS) is 16.8. The van der Waals surface area contributed by atoms with Crippen molar-refractivity contribution in [3.8, 4) is 0 Å². The number of hydrogen-bond donors (Lipinski definition) is 1. The van der Waals surface area contributed by atoms with Gasteiger partial charge in [0.05, 0.1) is 11.8 Å². The van der Waals surface area contributed by atoms with Gasteiger partial charge in [-0.25, -0.2) is 4.39 Å². The van der Waals surface area contributed by atoms with Crippen molar-refractivity contribution in [2.75, 3.05) is 13.2 Å². The van der Waals surface area contributed by atoms with Gasteiger partial charge in [-0.3, -0.25) is 9.78 Å². The van der Waals surface area contributed by atoms with Crippen molar-refractivity contribution >= 4 is 5.91 Å². The Kier molecular flexibility index (Phi) is 5.37. The Morgan fingerprint density at radius 3 is 2.76 bits per heavy atom.